The summed E-state index contributed by atoms with van der Waals surface area (Å²) >= 11 is 0. The molecule has 2 heteroatoms. The molecule has 0 aromatic heterocycles. The third-order valence-electron chi connectivity index (χ3n) is 0.880. The molecule has 0 rings (SSSR count). The lowest BCUT2D eigenvalue weighted by molar-refractivity contribution is 0.255. The number of rotatable bonds is 3. The molecule has 1 unspecified atom stereocenters. The average molecular weight is 101 g/mol. The highest BCUT2D eigenvalue weighted by atomic mass is 16.3. The second-order valence-corrected chi connectivity index (χ2v) is 1.41. The van der Waals surface area contributed by atoms with Crippen molar-refractivity contribution in [1.82, 2.24) is 0 Å². The van der Waals surface area contributed by atoms with Crippen molar-refractivity contribution in [3.63, 3.8) is 0 Å². The van der Waals surface area contributed by atoms with Crippen LogP contribution in [0.3, 0.4) is 0 Å². The van der Waals surface area contributed by atoms with Gasteiger partial charge in [-0.2, -0.15) is 0 Å². The molecular formula is C5H9O2. The van der Waals surface area contributed by atoms with E-state index in [1.165, 1.54) is 0 Å². The van der Waals surface area contributed by atoms with Crippen LogP contribution in [0, 0.1) is 5.92 Å². The smallest absolute Gasteiger partial charge is 0.204 e. The molecule has 1 N–H and O–H groups in total. The van der Waals surface area contributed by atoms with Crippen molar-refractivity contribution in [2.45, 2.75) is 13.3 Å². The fourth-order valence-electron chi connectivity index (χ4n) is 0.250. The molecule has 0 aliphatic rings. The molecule has 2 nitrogen and oxygen atoms in total. The molecule has 0 fully saturated rings. The predicted octanol–water partition coefficient (Wildman–Crippen LogP) is 0.115. The van der Waals surface area contributed by atoms with Gasteiger partial charge in [0.15, 0.2) is 0 Å². The monoisotopic (exact) mass is 101 g/mol. The van der Waals surface area contributed by atoms with Crippen molar-refractivity contribution in [2.24, 2.45) is 5.92 Å². The molecule has 0 saturated carbocycles. The first kappa shape index (κ1) is 6.63. The minimum atomic E-state index is -0.264. The molecule has 0 bridgehead atoms. The van der Waals surface area contributed by atoms with Crippen molar-refractivity contribution in [3.05, 3.63) is 0 Å². The lowest BCUT2D eigenvalue weighted by Crippen LogP contribution is -2.04. The highest BCUT2D eigenvalue weighted by Gasteiger charge is 1.99. The Balaban J connectivity index is 3.16. The zero-order chi connectivity index (χ0) is 5.70. The lowest BCUT2D eigenvalue weighted by atomic mass is 10.1. The van der Waals surface area contributed by atoms with E-state index in [0.29, 0.717) is 6.42 Å². The van der Waals surface area contributed by atoms with Gasteiger partial charge in [0.2, 0.25) is 6.29 Å². The minimum absolute atomic E-state index is 0.0694. The quantitative estimate of drug-likeness (QED) is 0.548. The third-order valence-corrected chi connectivity index (χ3v) is 0.880. The van der Waals surface area contributed by atoms with Gasteiger partial charge < -0.3 is 5.11 Å². The average Bonchev–Trinajstić information content (AvgIpc) is 1.72. The Bertz CT molecular complexity index is 48.0. The van der Waals surface area contributed by atoms with E-state index in [4.69, 9.17) is 5.11 Å². The normalized spacial score (nSPS) is 13.4. The maximum atomic E-state index is 9.68. The summed E-state index contributed by atoms with van der Waals surface area (Å²) in [6, 6.07) is 0. The Hall–Kier alpha value is -0.370. The Labute approximate surface area is 43.2 Å². The maximum absolute atomic E-state index is 9.68. The summed E-state index contributed by atoms with van der Waals surface area (Å²) in [4.78, 5) is 9.68. The molecule has 0 aromatic carbocycles. The van der Waals surface area contributed by atoms with E-state index >= 15 is 0 Å². The van der Waals surface area contributed by atoms with Crippen LogP contribution in [0.4, 0.5) is 0 Å². The Morgan fingerprint density at radius 1 is 1.86 bits per heavy atom. The van der Waals surface area contributed by atoms with Crippen LogP contribution in [0.2, 0.25) is 0 Å². The standard InChI is InChI=1S/C5H9O2/c1-2-5(3-6)4-7/h5-6H,2-3H2,1H3. The van der Waals surface area contributed by atoms with Gasteiger partial charge in [0.05, 0.1) is 6.61 Å². The molecule has 0 aromatic rings. The van der Waals surface area contributed by atoms with E-state index in [9.17, 15) is 4.79 Å². The summed E-state index contributed by atoms with van der Waals surface area (Å²) in [5, 5.41) is 8.26. The van der Waals surface area contributed by atoms with Crippen LogP contribution < -0.4 is 0 Å². The molecule has 1 radical (unpaired) electrons. The highest BCUT2D eigenvalue weighted by molar-refractivity contribution is 5.54. The van der Waals surface area contributed by atoms with Crippen LogP contribution in [0.5, 0.6) is 0 Å². The van der Waals surface area contributed by atoms with E-state index in [2.05, 4.69) is 0 Å². The van der Waals surface area contributed by atoms with Crippen LogP contribution in [0.1, 0.15) is 13.3 Å². The predicted molar refractivity (Wildman–Crippen MR) is 26.6 cm³/mol. The maximum Gasteiger partial charge on any atom is 0.204 e. The summed E-state index contributed by atoms with van der Waals surface area (Å²) in [7, 11) is 0. The molecule has 0 amide bonds. The molecule has 0 aliphatic heterocycles. The first-order valence-corrected chi connectivity index (χ1v) is 2.33. The van der Waals surface area contributed by atoms with Crippen molar-refractivity contribution in [2.75, 3.05) is 6.61 Å². The summed E-state index contributed by atoms with van der Waals surface area (Å²) in [5.41, 5.74) is 0. The van der Waals surface area contributed by atoms with Crippen LogP contribution in [0.25, 0.3) is 0 Å². The van der Waals surface area contributed by atoms with Gasteiger partial charge in [0, 0.05) is 5.92 Å². The van der Waals surface area contributed by atoms with Gasteiger partial charge in [-0.15, -0.1) is 0 Å². The van der Waals surface area contributed by atoms with E-state index in [0.717, 1.165) is 0 Å². The second-order valence-electron chi connectivity index (χ2n) is 1.41. The zero-order valence-corrected chi connectivity index (χ0v) is 4.35. The Morgan fingerprint density at radius 2 is 2.43 bits per heavy atom. The number of aliphatic hydroxyl groups excluding tert-OH is 1. The number of hydrogen-bond donors (Lipinski definition) is 1. The molecule has 1 atom stereocenters. The fraction of sp³-hybridized carbons (Fsp3) is 0.800. The van der Waals surface area contributed by atoms with Crippen LogP contribution in [0.15, 0.2) is 0 Å². The Morgan fingerprint density at radius 3 is 2.43 bits per heavy atom. The van der Waals surface area contributed by atoms with Gasteiger partial charge in [0.25, 0.3) is 0 Å². The van der Waals surface area contributed by atoms with Gasteiger partial charge in [0.1, 0.15) is 0 Å². The molecule has 0 aliphatic carbocycles. The molecule has 0 saturated heterocycles. The third kappa shape index (κ3) is 2.34. The largest absolute Gasteiger partial charge is 0.396 e. The van der Waals surface area contributed by atoms with E-state index in [1.54, 1.807) is 6.29 Å². The van der Waals surface area contributed by atoms with Gasteiger partial charge in [-0.25, -0.2) is 0 Å². The molecule has 0 heterocycles. The molecule has 0 spiro atoms. The first-order valence-electron chi connectivity index (χ1n) is 2.33. The van der Waals surface area contributed by atoms with Gasteiger partial charge in [-0.1, -0.05) is 6.92 Å². The number of hydrogen-bond acceptors (Lipinski definition) is 2. The summed E-state index contributed by atoms with van der Waals surface area (Å²) < 4.78 is 0. The summed E-state index contributed by atoms with van der Waals surface area (Å²) in [6.45, 7) is 1.77. The van der Waals surface area contributed by atoms with E-state index < -0.39 is 0 Å². The molecule has 41 valence electrons. The molecule has 7 heavy (non-hydrogen) atoms. The molecular weight excluding hydrogens is 92.1 g/mol. The summed E-state index contributed by atoms with van der Waals surface area (Å²) in [5.74, 6) is -0.264. The summed E-state index contributed by atoms with van der Waals surface area (Å²) in [6.07, 6.45) is 2.38. The van der Waals surface area contributed by atoms with E-state index in [-0.39, 0.29) is 12.5 Å². The van der Waals surface area contributed by atoms with Gasteiger partial charge >= 0.3 is 0 Å². The Kier molecular flexibility index (Phi) is 3.61. The van der Waals surface area contributed by atoms with Crippen molar-refractivity contribution >= 4 is 6.29 Å². The van der Waals surface area contributed by atoms with Crippen molar-refractivity contribution in [1.29, 1.82) is 0 Å². The van der Waals surface area contributed by atoms with Crippen LogP contribution in [-0.2, 0) is 4.79 Å². The minimum Gasteiger partial charge on any atom is -0.396 e. The van der Waals surface area contributed by atoms with Crippen LogP contribution >= 0.6 is 0 Å². The fourth-order valence-corrected chi connectivity index (χ4v) is 0.250. The van der Waals surface area contributed by atoms with Crippen molar-refractivity contribution < 1.29 is 9.90 Å². The SMILES string of the molecule is CCC([C]=O)CO. The zero-order valence-electron chi connectivity index (χ0n) is 4.35. The highest BCUT2D eigenvalue weighted by Crippen LogP contribution is 1.93. The van der Waals surface area contributed by atoms with Crippen LogP contribution in [-0.4, -0.2) is 18.0 Å². The number of aliphatic hydroxyl groups is 1. The lowest BCUT2D eigenvalue weighted by Gasteiger charge is -1.95. The first-order chi connectivity index (χ1) is 3.35. The van der Waals surface area contributed by atoms with Gasteiger partial charge in [-0.05, 0) is 6.42 Å². The van der Waals surface area contributed by atoms with Crippen molar-refractivity contribution in [3.8, 4) is 0 Å². The second kappa shape index (κ2) is 3.81. The van der Waals surface area contributed by atoms with Gasteiger partial charge in [-0.3, -0.25) is 4.79 Å². The topological polar surface area (TPSA) is 37.3 Å². The van der Waals surface area contributed by atoms with E-state index in [1.807, 2.05) is 6.92 Å². The number of carbonyl (C=O) groups excluding carboxylic acids is 1.